The third kappa shape index (κ3) is 6.61. The maximum absolute atomic E-state index is 13.6. The molecule has 6 nitrogen and oxygen atoms in total. The number of benzene rings is 2. The summed E-state index contributed by atoms with van der Waals surface area (Å²) in [6.07, 6.45) is 0.237. The van der Waals surface area contributed by atoms with Crippen molar-refractivity contribution in [3.8, 4) is 0 Å². The molecule has 0 saturated carbocycles. The minimum atomic E-state index is -0.448. The van der Waals surface area contributed by atoms with Crippen LogP contribution in [0.1, 0.15) is 37.4 Å². The summed E-state index contributed by atoms with van der Waals surface area (Å²) in [5.74, 6) is -0.915. The van der Waals surface area contributed by atoms with Gasteiger partial charge in [0.25, 0.3) is 5.91 Å². The van der Waals surface area contributed by atoms with Crippen LogP contribution in [0.25, 0.3) is 0 Å². The third-order valence-electron chi connectivity index (χ3n) is 5.87. The van der Waals surface area contributed by atoms with Gasteiger partial charge in [-0.1, -0.05) is 42.5 Å². The van der Waals surface area contributed by atoms with Crippen molar-refractivity contribution in [3.63, 3.8) is 0 Å². The smallest absolute Gasteiger partial charge is 0.264 e. The molecule has 1 aromatic heterocycles. The number of amides is 2. The number of Topliss-reactive ketones (excluding diaryl/α,β-unsaturated/α-hetero) is 1. The minimum Gasteiger partial charge on any atom is -0.370 e. The van der Waals surface area contributed by atoms with Crippen LogP contribution in [-0.4, -0.2) is 59.7 Å². The molecule has 0 radical (unpaired) electrons. The number of hydrogen-bond acceptors (Lipinski definition) is 5. The summed E-state index contributed by atoms with van der Waals surface area (Å²) < 4.78 is 19.7. The topological polar surface area (TPSA) is 66.9 Å². The van der Waals surface area contributed by atoms with Crippen LogP contribution >= 0.6 is 11.3 Å². The summed E-state index contributed by atoms with van der Waals surface area (Å²) in [6.45, 7) is 2.59. The van der Waals surface area contributed by atoms with Crippen molar-refractivity contribution in [2.24, 2.45) is 0 Å². The van der Waals surface area contributed by atoms with Crippen molar-refractivity contribution in [1.82, 2.24) is 9.80 Å². The van der Waals surface area contributed by atoms with Gasteiger partial charge in [-0.3, -0.25) is 14.4 Å². The van der Waals surface area contributed by atoms with E-state index in [1.165, 1.54) is 24.0 Å². The van der Waals surface area contributed by atoms with Gasteiger partial charge in [0.2, 0.25) is 5.91 Å². The van der Waals surface area contributed by atoms with Gasteiger partial charge in [0.15, 0.2) is 5.78 Å². The maximum Gasteiger partial charge on any atom is 0.264 e. The Morgan fingerprint density at radius 1 is 1.00 bits per heavy atom. The molecule has 0 aliphatic carbocycles. The molecule has 8 heteroatoms. The molecule has 2 aromatic carbocycles. The van der Waals surface area contributed by atoms with E-state index in [2.05, 4.69) is 0 Å². The van der Waals surface area contributed by atoms with Crippen molar-refractivity contribution in [1.29, 1.82) is 0 Å². The van der Waals surface area contributed by atoms with Crippen LogP contribution in [-0.2, 0) is 22.6 Å². The lowest BCUT2D eigenvalue weighted by Crippen LogP contribution is -2.39. The molecule has 0 N–H and O–H groups in total. The van der Waals surface area contributed by atoms with Gasteiger partial charge in [-0.15, -0.1) is 11.3 Å². The molecular weight excluding hydrogens is 467 g/mol. The summed E-state index contributed by atoms with van der Waals surface area (Å²) in [5.41, 5.74) is 1.80. The summed E-state index contributed by atoms with van der Waals surface area (Å²) >= 11 is 1.12. The standard InChI is InChI=1S/C27H27FN2O4S/c1-19(31)24-10-11-25(35-24)27(33)30-16-23(34-18-21-8-5-9-22(28)14-21)15-29(26(32)17-30)13-12-20-6-3-2-4-7-20/h2-11,14,23H,12-13,15-18H2,1H3/t23-/m0/s1. The summed E-state index contributed by atoms with van der Waals surface area (Å²) in [7, 11) is 0. The lowest BCUT2D eigenvalue weighted by molar-refractivity contribution is -0.131. The highest BCUT2D eigenvalue weighted by molar-refractivity contribution is 7.15. The number of hydrogen-bond donors (Lipinski definition) is 0. The van der Waals surface area contributed by atoms with E-state index in [1.54, 1.807) is 29.2 Å². The quantitative estimate of drug-likeness (QED) is 0.440. The Hall–Kier alpha value is -3.36. The number of ether oxygens (including phenoxy) is 1. The highest BCUT2D eigenvalue weighted by Gasteiger charge is 2.32. The van der Waals surface area contributed by atoms with E-state index in [1.807, 2.05) is 30.3 Å². The monoisotopic (exact) mass is 494 g/mol. The highest BCUT2D eigenvalue weighted by Crippen LogP contribution is 2.21. The Labute approximate surface area is 207 Å². The number of ketones is 1. The van der Waals surface area contributed by atoms with Gasteiger partial charge < -0.3 is 14.5 Å². The van der Waals surface area contributed by atoms with E-state index in [-0.39, 0.29) is 43.1 Å². The van der Waals surface area contributed by atoms with Crippen molar-refractivity contribution in [2.75, 3.05) is 26.2 Å². The molecule has 4 rings (SSSR count). The lowest BCUT2D eigenvalue weighted by atomic mass is 10.1. The fourth-order valence-electron chi connectivity index (χ4n) is 4.00. The van der Waals surface area contributed by atoms with Gasteiger partial charge >= 0.3 is 0 Å². The first-order chi connectivity index (χ1) is 16.9. The van der Waals surface area contributed by atoms with E-state index in [0.29, 0.717) is 34.8 Å². The molecule has 1 saturated heterocycles. The van der Waals surface area contributed by atoms with Crippen LogP contribution in [0.15, 0.2) is 66.7 Å². The fourth-order valence-corrected chi connectivity index (χ4v) is 4.87. The Kier molecular flexibility index (Phi) is 8.05. The molecule has 1 aliphatic heterocycles. The normalized spacial score (nSPS) is 16.3. The van der Waals surface area contributed by atoms with Gasteiger partial charge in [0, 0.05) is 19.6 Å². The second kappa shape index (κ2) is 11.4. The van der Waals surface area contributed by atoms with E-state index in [9.17, 15) is 18.8 Å². The number of carbonyl (C=O) groups excluding carboxylic acids is 3. The molecule has 2 amide bonds. The number of nitrogens with zero attached hydrogens (tertiary/aromatic N) is 2. The molecule has 182 valence electrons. The minimum absolute atomic E-state index is 0.0687. The average molecular weight is 495 g/mol. The molecule has 2 heterocycles. The number of rotatable bonds is 8. The van der Waals surface area contributed by atoms with Gasteiger partial charge in [-0.05, 0) is 48.7 Å². The number of halogens is 1. The first-order valence-electron chi connectivity index (χ1n) is 11.5. The molecule has 3 aromatic rings. The zero-order valence-corrected chi connectivity index (χ0v) is 20.3. The van der Waals surface area contributed by atoms with Gasteiger partial charge in [-0.25, -0.2) is 4.39 Å². The molecular formula is C27H27FN2O4S. The fraction of sp³-hybridized carbons (Fsp3) is 0.296. The largest absolute Gasteiger partial charge is 0.370 e. The van der Waals surface area contributed by atoms with Crippen LogP contribution < -0.4 is 0 Å². The molecule has 0 bridgehead atoms. The second-order valence-electron chi connectivity index (χ2n) is 8.54. The third-order valence-corrected chi connectivity index (χ3v) is 7.04. The first kappa shape index (κ1) is 24.8. The predicted molar refractivity (Wildman–Crippen MR) is 132 cm³/mol. The Balaban J connectivity index is 1.50. The Bertz CT molecular complexity index is 1200. The molecule has 1 fully saturated rings. The summed E-state index contributed by atoms with van der Waals surface area (Å²) in [5, 5.41) is 0. The molecule has 35 heavy (non-hydrogen) atoms. The van der Waals surface area contributed by atoms with Crippen molar-refractivity contribution < 1.29 is 23.5 Å². The van der Waals surface area contributed by atoms with Crippen molar-refractivity contribution in [3.05, 3.63) is 93.4 Å². The van der Waals surface area contributed by atoms with E-state index < -0.39 is 6.10 Å². The van der Waals surface area contributed by atoms with Crippen LogP contribution in [0.3, 0.4) is 0 Å². The SMILES string of the molecule is CC(=O)c1ccc(C(=O)N2CC(=O)N(CCc3ccccc3)C[C@H](OCc3cccc(F)c3)C2)s1. The number of thiophene rings is 1. The Morgan fingerprint density at radius 3 is 2.46 bits per heavy atom. The maximum atomic E-state index is 13.6. The Morgan fingerprint density at radius 2 is 1.74 bits per heavy atom. The van der Waals surface area contributed by atoms with Crippen molar-refractivity contribution in [2.45, 2.75) is 26.1 Å². The highest BCUT2D eigenvalue weighted by atomic mass is 32.1. The first-order valence-corrected chi connectivity index (χ1v) is 12.3. The van der Waals surface area contributed by atoms with E-state index in [0.717, 1.165) is 16.9 Å². The zero-order chi connectivity index (χ0) is 24.8. The average Bonchev–Trinajstić information content (AvgIpc) is 3.29. The molecule has 1 atom stereocenters. The zero-order valence-electron chi connectivity index (χ0n) is 19.5. The van der Waals surface area contributed by atoms with E-state index in [4.69, 9.17) is 4.74 Å². The van der Waals surface area contributed by atoms with Crippen LogP contribution in [0, 0.1) is 5.82 Å². The van der Waals surface area contributed by atoms with Crippen LogP contribution in [0.5, 0.6) is 0 Å². The van der Waals surface area contributed by atoms with Crippen molar-refractivity contribution >= 4 is 28.9 Å². The summed E-state index contributed by atoms with van der Waals surface area (Å²) in [6, 6.07) is 19.3. The van der Waals surface area contributed by atoms with Crippen LogP contribution in [0.2, 0.25) is 0 Å². The predicted octanol–water partition coefficient (Wildman–Crippen LogP) is 4.20. The van der Waals surface area contributed by atoms with Gasteiger partial charge in [0.1, 0.15) is 12.4 Å². The summed E-state index contributed by atoms with van der Waals surface area (Å²) in [4.78, 5) is 42.2. The second-order valence-corrected chi connectivity index (χ2v) is 9.63. The lowest BCUT2D eigenvalue weighted by Gasteiger charge is -2.25. The molecule has 0 spiro atoms. The van der Waals surface area contributed by atoms with Gasteiger partial charge in [0.05, 0.1) is 22.5 Å². The molecule has 0 unspecified atom stereocenters. The van der Waals surface area contributed by atoms with E-state index >= 15 is 0 Å². The molecule has 1 aliphatic rings. The number of carbonyl (C=O) groups is 3. The van der Waals surface area contributed by atoms with Crippen LogP contribution in [0.4, 0.5) is 4.39 Å². The van der Waals surface area contributed by atoms with Gasteiger partial charge in [-0.2, -0.15) is 0 Å².